The summed E-state index contributed by atoms with van der Waals surface area (Å²) in [7, 11) is 0. The van der Waals surface area contributed by atoms with Gasteiger partial charge in [-0.3, -0.25) is 14.4 Å². The van der Waals surface area contributed by atoms with E-state index in [1.54, 1.807) is 0 Å². The van der Waals surface area contributed by atoms with Gasteiger partial charge in [-0.25, -0.2) is 4.79 Å². The summed E-state index contributed by atoms with van der Waals surface area (Å²) < 4.78 is 28.2. The molecule has 0 saturated carbocycles. The van der Waals surface area contributed by atoms with Gasteiger partial charge in [0.1, 0.15) is 18.8 Å². The first-order valence-electron chi connectivity index (χ1n) is 26.3. The molecule has 0 bridgehead atoms. The van der Waals surface area contributed by atoms with Gasteiger partial charge < -0.3 is 39.0 Å². The number of aliphatic carboxylic acids is 1. The Kier molecular flexibility index (Phi) is 40.1. The number of ether oxygens (including phenoxy) is 5. The largest absolute Gasteiger partial charge is 0.479 e. The number of carbonyl (C=O) groups is 4. The second kappa shape index (κ2) is 43.7. The summed E-state index contributed by atoms with van der Waals surface area (Å²) in [6.45, 7) is 5.76. The molecule has 1 fully saturated rings. The van der Waals surface area contributed by atoms with Crippen LogP contribution in [-0.4, -0.2) is 89.2 Å². The summed E-state index contributed by atoms with van der Waals surface area (Å²) in [5.41, 5.74) is 0. The van der Waals surface area contributed by atoms with Crippen molar-refractivity contribution >= 4 is 23.9 Å². The molecule has 0 aromatic rings. The fourth-order valence-corrected chi connectivity index (χ4v) is 7.57. The maximum Gasteiger partial charge on any atom is 0.335 e. The molecule has 0 radical (unpaired) electrons. The highest BCUT2D eigenvalue weighted by molar-refractivity contribution is 5.74. The van der Waals surface area contributed by atoms with Crippen LogP contribution >= 0.6 is 0 Å². The number of rotatable bonds is 43. The van der Waals surface area contributed by atoms with Gasteiger partial charge in [0.15, 0.2) is 24.6 Å². The van der Waals surface area contributed by atoms with Crippen LogP contribution in [0, 0.1) is 0 Å². The Balaban J connectivity index is 2.70. The first-order valence-corrected chi connectivity index (χ1v) is 26.3. The topological polar surface area (TPSA) is 175 Å². The zero-order chi connectivity index (χ0) is 49.0. The van der Waals surface area contributed by atoms with Gasteiger partial charge in [-0.05, 0) is 64.2 Å². The quantitative estimate of drug-likeness (QED) is 0.0229. The van der Waals surface area contributed by atoms with Crippen LogP contribution in [0.4, 0.5) is 0 Å². The van der Waals surface area contributed by atoms with Crippen molar-refractivity contribution in [2.75, 3.05) is 13.2 Å². The predicted octanol–water partition coefficient (Wildman–Crippen LogP) is 12.4. The summed E-state index contributed by atoms with van der Waals surface area (Å²) >= 11 is 0. The molecule has 12 heteroatoms. The number of hydrogen-bond donors (Lipinski definition) is 3. The van der Waals surface area contributed by atoms with E-state index in [0.717, 1.165) is 96.3 Å². The smallest absolute Gasteiger partial charge is 0.335 e. The third-order valence-electron chi connectivity index (χ3n) is 11.6. The number of esters is 3. The molecule has 67 heavy (non-hydrogen) atoms. The molecule has 0 amide bonds. The van der Waals surface area contributed by atoms with E-state index < -0.39 is 67.3 Å². The average Bonchev–Trinajstić information content (AvgIpc) is 3.31. The summed E-state index contributed by atoms with van der Waals surface area (Å²) in [4.78, 5) is 50.7. The Bertz CT molecular complexity index is 1400. The monoisotopic (exact) mass is 945 g/mol. The molecule has 0 aromatic carbocycles. The Morgan fingerprint density at radius 3 is 1.43 bits per heavy atom. The molecule has 12 nitrogen and oxygen atoms in total. The van der Waals surface area contributed by atoms with Crippen molar-refractivity contribution in [1.82, 2.24) is 0 Å². The maximum absolute atomic E-state index is 13.0. The number of carbonyl (C=O) groups excluding carboxylic acids is 3. The molecular weight excluding hydrogens is 853 g/mol. The molecule has 0 aliphatic carbocycles. The van der Waals surface area contributed by atoms with E-state index in [2.05, 4.69) is 81.5 Å². The van der Waals surface area contributed by atoms with E-state index in [9.17, 15) is 34.5 Å². The molecule has 1 saturated heterocycles. The van der Waals surface area contributed by atoms with E-state index in [1.165, 1.54) is 57.8 Å². The fraction of sp³-hybridized carbons (Fsp3) is 0.745. The van der Waals surface area contributed by atoms with Crippen LogP contribution in [0.5, 0.6) is 0 Å². The number of aliphatic hydroxyl groups is 2. The van der Waals surface area contributed by atoms with E-state index in [4.69, 9.17) is 23.7 Å². The van der Waals surface area contributed by atoms with Crippen molar-refractivity contribution < 1.29 is 58.2 Å². The van der Waals surface area contributed by atoms with Crippen LogP contribution in [-0.2, 0) is 42.9 Å². The van der Waals surface area contributed by atoms with Gasteiger partial charge in [0.05, 0.1) is 6.61 Å². The normalized spacial score (nSPS) is 19.3. The molecule has 1 aliphatic heterocycles. The second-order valence-corrected chi connectivity index (χ2v) is 17.8. The van der Waals surface area contributed by atoms with Crippen molar-refractivity contribution in [3.05, 3.63) is 60.8 Å². The summed E-state index contributed by atoms with van der Waals surface area (Å²) in [6, 6.07) is 0. The fourth-order valence-electron chi connectivity index (χ4n) is 7.57. The lowest BCUT2D eigenvalue weighted by atomic mass is 9.98. The lowest BCUT2D eigenvalue weighted by molar-refractivity contribution is -0.301. The highest BCUT2D eigenvalue weighted by Gasteiger charge is 2.50. The Morgan fingerprint density at radius 2 is 0.940 bits per heavy atom. The number of allylic oxidation sites excluding steroid dienone is 10. The van der Waals surface area contributed by atoms with Crippen molar-refractivity contribution in [1.29, 1.82) is 0 Å². The molecule has 3 N–H and O–H groups in total. The molecule has 0 aromatic heterocycles. The van der Waals surface area contributed by atoms with Gasteiger partial charge in [-0.1, -0.05) is 191 Å². The summed E-state index contributed by atoms with van der Waals surface area (Å²) in [6.07, 6.45) is 39.5. The third-order valence-corrected chi connectivity index (χ3v) is 11.6. The van der Waals surface area contributed by atoms with E-state index in [0.29, 0.717) is 19.3 Å². The highest BCUT2D eigenvalue weighted by atomic mass is 16.7. The van der Waals surface area contributed by atoms with Crippen LogP contribution in [0.1, 0.15) is 213 Å². The zero-order valence-electron chi connectivity index (χ0n) is 41.9. The lowest BCUT2D eigenvalue weighted by Gasteiger charge is -2.40. The van der Waals surface area contributed by atoms with Crippen LogP contribution in [0.15, 0.2) is 60.8 Å². The predicted molar refractivity (Wildman–Crippen MR) is 266 cm³/mol. The van der Waals surface area contributed by atoms with Crippen molar-refractivity contribution in [2.45, 2.75) is 250 Å². The van der Waals surface area contributed by atoms with Crippen LogP contribution in [0.2, 0.25) is 0 Å². The van der Waals surface area contributed by atoms with Crippen LogP contribution in [0.25, 0.3) is 0 Å². The Morgan fingerprint density at radius 1 is 0.507 bits per heavy atom. The minimum absolute atomic E-state index is 0.0582. The first kappa shape index (κ1) is 61.4. The molecule has 6 unspecified atom stereocenters. The Labute approximate surface area is 405 Å². The van der Waals surface area contributed by atoms with E-state index in [1.807, 2.05) is 0 Å². The molecular formula is C55H92O12. The number of carboxylic acid groups (broad SMARTS) is 1. The van der Waals surface area contributed by atoms with Crippen LogP contribution in [0.3, 0.4) is 0 Å². The zero-order valence-corrected chi connectivity index (χ0v) is 41.9. The third kappa shape index (κ3) is 34.4. The maximum atomic E-state index is 13.0. The second-order valence-electron chi connectivity index (χ2n) is 17.8. The average molecular weight is 945 g/mol. The van der Waals surface area contributed by atoms with Gasteiger partial charge in [0.2, 0.25) is 0 Å². The van der Waals surface area contributed by atoms with Gasteiger partial charge in [0.25, 0.3) is 0 Å². The molecule has 0 spiro atoms. The lowest BCUT2D eigenvalue weighted by Crippen LogP contribution is -2.61. The van der Waals surface area contributed by atoms with Crippen molar-refractivity contribution in [3.8, 4) is 0 Å². The van der Waals surface area contributed by atoms with Gasteiger partial charge in [-0.15, -0.1) is 0 Å². The molecule has 6 atom stereocenters. The number of carboxylic acids is 1. The molecule has 1 rings (SSSR count). The van der Waals surface area contributed by atoms with Crippen molar-refractivity contribution in [3.63, 3.8) is 0 Å². The SMILES string of the molecule is CC/C=C\C/C=C\C/C=C\C/C=C\C/C=C\CCCCCC(=O)OCC(COC1OC(C(=O)O)C(O)C(O)C1OC(=O)CCCCCCCCCCC)OC(=O)CCCCCCCCCCC. The number of unbranched alkanes of at least 4 members (excludes halogenated alkanes) is 19. The van der Waals surface area contributed by atoms with Gasteiger partial charge >= 0.3 is 23.9 Å². The van der Waals surface area contributed by atoms with Gasteiger partial charge in [0, 0.05) is 19.3 Å². The minimum atomic E-state index is -1.90. The summed E-state index contributed by atoms with van der Waals surface area (Å²) in [5, 5.41) is 31.2. The summed E-state index contributed by atoms with van der Waals surface area (Å²) in [5.74, 6) is -3.16. The first-order chi connectivity index (χ1) is 32.6. The number of aliphatic hydroxyl groups excluding tert-OH is 2. The molecule has 1 heterocycles. The number of hydrogen-bond acceptors (Lipinski definition) is 11. The Hall–Kier alpha value is -3.58. The van der Waals surface area contributed by atoms with Crippen LogP contribution < -0.4 is 0 Å². The minimum Gasteiger partial charge on any atom is -0.479 e. The van der Waals surface area contributed by atoms with E-state index >= 15 is 0 Å². The highest BCUT2D eigenvalue weighted by Crippen LogP contribution is 2.26. The molecule has 384 valence electrons. The van der Waals surface area contributed by atoms with E-state index in [-0.39, 0.29) is 25.9 Å². The van der Waals surface area contributed by atoms with Gasteiger partial charge in [-0.2, -0.15) is 0 Å². The van der Waals surface area contributed by atoms with Crippen molar-refractivity contribution in [2.24, 2.45) is 0 Å². The molecule has 1 aliphatic rings. The standard InChI is InChI=1S/C55H92O12/c1-4-7-10-13-16-19-20-21-22-23-24-25-26-27-28-31-32-35-38-41-47(56)63-44-46(65-48(57)42-39-36-33-29-17-14-11-8-5-2)45-64-55-53(51(60)50(59)52(67-55)54(61)62)66-49(58)43-40-37-34-30-18-15-12-9-6-3/h7,10,16,19,21-22,24-25,27-28,46,50-53,55,59-60H,4-6,8-9,11-15,17-18,20,23,26,29-45H2,1-3H3,(H,61,62)/b10-7-,19-16-,22-21-,25-24-,28-27-.